The van der Waals surface area contributed by atoms with Crippen LogP contribution in [0.2, 0.25) is 0 Å². The molecule has 4 heteroatoms. The van der Waals surface area contributed by atoms with Crippen molar-refractivity contribution in [1.82, 2.24) is 4.90 Å². The van der Waals surface area contributed by atoms with Crippen molar-refractivity contribution < 1.29 is 9.90 Å². The summed E-state index contributed by atoms with van der Waals surface area (Å²) in [6, 6.07) is 10.7. The average molecular weight is 304 g/mol. The molecule has 0 bridgehead atoms. The lowest BCUT2D eigenvalue weighted by Gasteiger charge is -2.33. The molecule has 1 fully saturated rings. The van der Waals surface area contributed by atoms with E-state index in [0.29, 0.717) is 5.92 Å². The molecule has 1 aromatic rings. The fourth-order valence-electron chi connectivity index (χ4n) is 3.20. The van der Waals surface area contributed by atoms with Crippen LogP contribution in [0.5, 0.6) is 0 Å². The molecule has 0 spiro atoms. The number of carbonyl (C=O) groups is 1. The summed E-state index contributed by atoms with van der Waals surface area (Å²) in [6.45, 7) is 5.19. The van der Waals surface area contributed by atoms with Crippen LogP contribution < -0.4 is 5.73 Å². The van der Waals surface area contributed by atoms with Gasteiger partial charge in [0.15, 0.2) is 0 Å². The molecule has 22 heavy (non-hydrogen) atoms. The van der Waals surface area contributed by atoms with E-state index in [1.807, 2.05) is 6.92 Å². The normalized spacial score (nSPS) is 19.7. The van der Waals surface area contributed by atoms with Crippen LogP contribution in [0.1, 0.15) is 44.1 Å². The first kappa shape index (κ1) is 17.0. The number of aliphatic hydroxyl groups is 1. The van der Waals surface area contributed by atoms with Gasteiger partial charge in [0.05, 0.1) is 12.5 Å². The lowest BCUT2D eigenvalue weighted by molar-refractivity contribution is -0.120. The van der Waals surface area contributed by atoms with Crippen molar-refractivity contribution in [3.63, 3.8) is 0 Å². The second-order valence-corrected chi connectivity index (χ2v) is 6.53. The summed E-state index contributed by atoms with van der Waals surface area (Å²) in [5.41, 5.74) is 6.58. The second kappa shape index (κ2) is 8.30. The Hall–Kier alpha value is -1.39. The second-order valence-electron chi connectivity index (χ2n) is 6.53. The van der Waals surface area contributed by atoms with Crippen LogP contribution in [0.4, 0.5) is 0 Å². The largest absolute Gasteiger partial charge is 0.392 e. The standard InChI is InChI=1S/C18H28N2O2/c1-14(17(21)13-18(19)22)7-10-20-11-8-16(9-12-20)15-5-3-2-4-6-15/h2-6,14,16-17,21H,7-13H2,1H3,(H2,19,22)/t14-,17+/m1/s1. The summed E-state index contributed by atoms with van der Waals surface area (Å²) in [5.74, 6) is 0.359. The highest BCUT2D eigenvalue weighted by molar-refractivity contribution is 5.74. The maximum Gasteiger partial charge on any atom is 0.220 e. The first-order valence-electron chi connectivity index (χ1n) is 8.30. The number of nitrogens with two attached hydrogens (primary N) is 1. The molecule has 1 saturated heterocycles. The predicted octanol–water partition coefficient (Wildman–Crippen LogP) is 2.13. The van der Waals surface area contributed by atoms with Crippen molar-refractivity contribution in [3.05, 3.63) is 35.9 Å². The van der Waals surface area contributed by atoms with Gasteiger partial charge in [0.1, 0.15) is 0 Å². The minimum atomic E-state index is -0.612. The molecule has 3 N–H and O–H groups in total. The van der Waals surface area contributed by atoms with Gasteiger partial charge in [-0.2, -0.15) is 0 Å². The van der Waals surface area contributed by atoms with E-state index < -0.39 is 12.0 Å². The highest BCUT2D eigenvalue weighted by Crippen LogP contribution is 2.28. The van der Waals surface area contributed by atoms with E-state index in [2.05, 4.69) is 35.2 Å². The Labute approximate surface area is 133 Å². The molecule has 1 amide bonds. The van der Waals surface area contributed by atoms with Gasteiger partial charge in [0.25, 0.3) is 0 Å². The molecule has 1 aliphatic rings. The van der Waals surface area contributed by atoms with E-state index in [1.165, 1.54) is 18.4 Å². The van der Waals surface area contributed by atoms with E-state index in [4.69, 9.17) is 5.73 Å². The minimum Gasteiger partial charge on any atom is -0.392 e. The topological polar surface area (TPSA) is 66.6 Å². The molecule has 122 valence electrons. The molecule has 2 rings (SSSR count). The Morgan fingerprint density at radius 1 is 1.32 bits per heavy atom. The van der Waals surface area contributed by atoms with Crippen LogP contribution in [-0.2, 0) is 4.79 Å². The van der Waals surface area contributed by atoms with Crippen molar-refractivity contribution >= 4 is 5.91 Å². The Bertz CT molecular complexity index is 455. The number of hydrogen-bond acceptors (Lipinski definition) is 3. The highest BCUT2D eigenvalue weighted by atomic mass is 16.3. The van der Waals surface area contributed by atoms with Crippen molar-refractivity contribution in [2.75, 3.05) is 19.6 Å². The fourth-order valence-corrected chi connectivity index (χ4v) is 3.20. The summed E-state index contributed by atoms with van der Waals surface area (Å²) < 4.78 is 0. The Morgan fingerprint density at radius 2 is 1.95 bits per heavy atom. The lowest BCUT2D eigenvalue weighted by Crippen LogP contribution is -2.35. The van der Waals surface area contributed by atoms with Crippen LogP contribution in [-0.4, -0.2) is 41.7 Å². The zero-order valence-electron chi connectivity index (χ0n) is 13.4. The Balaban J connectivity index is 1.70. The SMILES string of the molecule is C[C@H](CCN1CCC(c2ccccc2)CC1)[C@@H](O)CC(N)=O. The molecule has 1 aromatic carbocycles. The smallest absolute Gasteiger partial charge is 0.220 e. The van der Waals surface area contributed by atoms with Gasteiger partial charge in [0.2, 0.25) is 5.91 Å². The molecule has 2 atom stereocenters. The third-order valence-corrected chi connectivity index (χ3v) is 4.83. The van der Waals surface area contributed by atoms with E-state index in [0.717, 1.165) is 26.1 Å². The number of benzene rings is 1. The first-order valence-corrected chi connectivity index (χ1v) is 8.30. The number of piperidine rings is 1. The zero-order valence-corrected chi connectivity index (χ0v) is 13.4. The third kappa shape index (κ3) is 5.11. The van der Waals surface area contributed by atoms with E-state index in [-0.39, 0.29) is 12.3 Å². The number of rotatable bonds is 7. The quantitative estimate of drug-likeness (QED) is 0.811. The van der Waals surface area contributed by atoms with Gasteiger partial charge in [-0.05, 0) is 56.3 Å². The van der Waals surface area contributed by atoms with E-state index >= 15 is 0 Å². The highest BCUT2D eigenvalue weighted by Gasteiger charge is 2.22. The van der Waals surface area contributed by atoms with Gasteiger partial charge >= 0.3 is 0 Å². The van der Waals surface area contributed by atoms with E-state index in [9.17, 15) is 9.90 Å². The van der Waals surface area contributed by atoms with Gasteiger partial charge in [-0.1, -0.05) is 37.3 Å². The summed E-state index contributed by atoms with van der Waals surface area (Å²) >= 11 is 0. The molecule has 4 nitrogen and oxygen atoms in total. The van der Waals surface area contributed by atoms with Crippen molar-refractivity contribution in [2.45, 2.75) is 44.6 Å². The predicted molar refractivity (Wildman–Crippen MR) is 88.5 cm³/mol. The molecule has 1 aliphatic heterocycles. The number of carbonyl (C=O) groups excluding carboxylic acids is 1. The molecular formula is C18H28N2O2. The summed E-state index contributed by atoms with van der Waals surface area (Å²) in [6.07, 6.45) is 2.76. The summed E-state index contributed by atoms with van der Waals surface area (Å²) in [5, 5.41) is 9.89. The van der Waals surface area contributed by atoms with Gasteiger partial charge < -0.3 is 15.7 Å². The summed E-state index contributed by atoms with van der Waals surface area (Å²) in [4.78, 5) is 13.3. The van der Waals surface area contributed by atoms with Gasteiger partial charge in [-0.25, -0.2) is 0 Å². The number of primary amides is 1. The van der Waals surface area contributed by atoms with Crippen molar-refractivity contribution in [1.29, 1.82) is 0 Å². The zero-order chi connectivity index (χ0) is 15.9. The van der Waals surface area contributed by atoms with E-state index in [1.54, 1.807) is 0 Å². The monoisotopic (exact) mass is 304 g/mol. The first-order chi connectivity index (χ1) is 10.6. The number of amides is 1. The van der Waals surface area contributed by atoms with Crippen LogP contribution in [0, 0.1) is 5.92 Å². The van der Waals surface area contributed by atoms with Crippen LogP contribution in [0.3, 0.4) is 0 Å². The molecule has 1 heterocycles. The van der Waals surface area contributed by atoms with Crippen LogP contribution >= 0.6 is 0 Å². The number of hydrogen-bond donors (Lipinski definition) is 2. The number of nitrogens with zero attached hydrogens (tertiary/aromatic N) is 1. The maximum absolute atomic E-state index is 10.8. The molecule has 0 unspecified atom stereocenters. The van der Waals surface area contributed by atoms with Gasteiger partial charge in [-0.3, -0.25) is 4.79 Å². The minimum absolute atomic E-state index is 0.0667. The van der Waals surface area contributed by atoms with Crippen LogP contribution in [0.25, 0.3) is 0 Å². The fraction of sp³-hybridized carbons (Fsp3) is 0.611. The molecular weight excluding hydrogens is 276 g/mol. The number of likely N-dealkylation sites (tertiary alicyclic amines) is 1. The molecule has 0 saturated carbocycles. The number of aliphatic hydroxyl groups excluding tert-OH is 1. The third-order valence-electron chi connectivity index (χ3n) is 4.83. The van der Waals surface area contributed by atoms with Gasteiger partial charge in [0, 0.05) is 0 Å². The maximum atomic E-state index is 10.8. The lowest BCUT2D eigenvalue weighted by atomic mass is 9.89. The van der Waals surface area contributed by atoms with Crippen molar-refractivity contribution in [3.8, 4) is 0 Å². The van der Waals surface area contributed by atoms with Gasteiger partial charge in [-0.15, -0.1) is 0 Å². The molecule has 0 aromatic heterocycles. The molecule has 0 aliphatic carbocycles. The van der Waals surface area contributed by atoms with Crippen molar-refractivity contribution in [2.24, 2.45) is 11.7 Å². The molecule has 0 radical (unpaired) electrons. The Morgan fingerprint density at radius 3 is 2.55 bits per heavy atom. The Kier molecular flexibility index (Phi) is 6.40. The van der Waals surface area contributed by atoms with Crippen LogP contribution in [0.15, 0.2) is 30.3 Å². The average Bonchev–Trinajstić information content (AvgIpc) is 2.53. The summed E-state index contributed by atoms with van der Waals surface area (Å²) in [7, 11) is 0.